The Kier molecular flexibility index (Phi) is 6.72. The summed E-state index contributed by atoms with van der Waals surface area (Å²) in [6, 6.07) is 16.7. The number of urea groups is 1. The molecule has 4 rings (SSSR count). The van der Waals surface area contributed by atoms with E-state index in [0.717, 1.165) is 21.6 Å². The minimum Gasteiger partial charge on any atom is -0.488 e. The molecule has 0 saturated carbocycles. The van der Waals surface area contributed by atoms with Crippen molar-refractivity contribution in [1.82, 2.24) is 5.32 Å². The van der Waals surface area contributed by atoms with Gasteiger partial charge in [-0.05, 0) is 61.4 Å². The normalized spacial score (nSPS) is 15.0. The van der Waals surface area contributed by atoms with E-state index in [1.165, 1.54) is 12.1 Å². The molecule has 0 spiro atoms. The zero-order chi connectivity index (χ0) is 24.4. The number of aryl methyl sites for hydroxylation is 2. The van der Waals surface area contributed by atoms with Gasteiger partial charge in [-0.2, -0.15) is 0 Å². The Bertz CT molecular complexity index is 1350. The fourth-order valence-electron chi connectivity index (χ4n) is 3.49. The Balaban J connectivity index is 1.68. The van der Waals surface area contributed by atoms with E-state index in [9.17, 15) is 14.4 Å². The second-order valence-corrected chi connectivity index (χ2v) is 8.69. The third kappa shape index (κ3) is 4.98. The SMILES string of the molecule is Cc1cccc(COc2ccc(Cl)cc2/C=C2\C(=O)NC(=O)N(c3ccc(C)c(Cl)c3)C2=O)c1. The molecule has 0 aliphatic carbocycles. The number of imide groups is 2. The molecule has 1 saturated heterocycles. The summed E-state index contributed by atoms with van der Waals surface area (Å²) in [4.78, 5) is 39.1. The number of anilines is 1. The van der Waals surface area contributed by atoms with Gasteiger partial charge in [-0.25, -0.2) is 9.69 Å². The van der Waals surface area contributed by atoms with Crippen LogP contribution in [0.25, 0.3) is 6.08 Å². The molecular weight excluding hydrogens is 475 g/mol. The van der Waals surface area contributed by atoms with Crippen LogP contribution >= 0.6 is 23.2 Å². The van der Waals surface area contributed by atoms with Crippen LogP contribution in [0, 0.1) is 13.8 Å². The van der Waals surface area contributed by atoms with Gasteiger partial charge in [-0.3, -0.25) is 14.9 Å². The number of carbonyl (C=O) groups excluding carboxylic acids is 3. The van der Waals surface area contributed by atoms with Crippen molar-refractivity contribution in [2.45, 2.75) is 20.5 Å². The number of halogens is 2. The molecule has 34 heavy (non-hydrogen) atoms. The van der Waals surface area contributed by atoms with E-state index < -0.39 is 17.8 Å². The molecule has 0 aromatic heterocycles. The summed E-state index contributed by atoms with van der Waals surface area (Å²) in [5.74, 6) is -1.16. The van der Waals surface area contributed by atoms with Crippen LogP contribution in [0.3, 0.4) is 0 Å². The number of amides is 4. The van der Waals surface area contributed by atoms with Gasteiger partial charge in [0.15, 0.2) is 0 Å². The van der Waals surface area contributed by atoms with E-state index in [0.29, 0.717) is 21.4 Å². The average molecular weight is 495 g/mol. The third-order valence-electron chi connectivity index (χ3n) is 5.26. The smallest absolute Gasteiger partial charge is 0.335 e. The number of nitrogens with one attached hydrogen (secondary N) is 1. The molecule has 1 N–H and O–H groups in total. The first-order valence-electron chi connectivity index (χ1n) is 10.4. The predicted molar refractivity (Wildman–Crippen MR) is 132 cm³/mol. The number of rotatable bonds is 5. The zero-order valence-corrected chi connectivity index (χ0v) is 19.9. The fraction of sp³-hybridized carbons (Fsp3) is 0.115. The second kappa shape index (κ2) is 9.71. The summed E-state index contributed by atoms with van der Waals surface area (Å²) in [6.45, 7) is 4.08. The third-order valence-corrected chi connectivity index (χ3v) is 5.91. The highest BCUT2D eigenvalue weighted by atomic mass is 35.5. The summed E-state index contributed by atoms with van der Waals surface area (Å²) >= 11 is 12.3. The Morgan fingerprint density at radius 3 is 2.50 bits per heavy atom. The van der Waals surface area contributed by atoms with E-state index in [4.69, 9.17) is 27.9 Å². The molecule has 1 aliphatic heterocycles. The van der Waals surface area contributed by atoms with E-state index in [1.807, 2.05) is 31.2 Å². The Morgan fingerprint density at radius 2 is 1.76 bits per heavy atom. The van der Waals surface area contributed by atoms with Gasteiger partial charge in [0, 0.05) is 15.6 Å². The van der Waals surface area contributed by atoms with Gasteiger partial charge in [-0.15, -0.1) is 0 Å². The molecule has 3 aromatic carbocycles. The van der Waals surface area contributed by atoms with Crippen LogP contribution in [-0.4, -0.2) is 17.8 Å². The molecule has 1 fully saturated rings. The number of hydrogen-bond acceptors (Lipinski definition) is 4. The minimum absolute atomic E-state index is 0.237. The number of benzene rings is 3. The standard InChI is InChI=1S/C26H20Cl2N2O4/c1-15-4-3-5-17(10-15)14-34-23-9-7-19(27)11-18(23)12-21-24(31)29-26(33)30(25(21)32)20-8-6-16(2)22(28)13-20/h3-13H,14H2,1-2H3,(H,29,31,33)/b21-12+. The summed E-state index contributed by atoms with van der Waals surface area (Å²) in [6.07, 6.45) is 1.37. The first-order valence-corrected chi connectivity index (χ1v) is 11.1. The van der Waals surface area contributed by atoms with Gasteiger partial charge in [0.05, 0.1) is 5.69 Å². The van der Waals surface area contributed by atoms with Crippen molar-refractivity contribution in [3.8, 4) is 5.75 Å². The highest BCUT2D eigenvalue weighted by Crippen LogP contribution is 2.30. The van der Waals surface area contributed by atoms with Gasteiger partial charge in [0.25, 0.3) is 11.8 Å². The predicted octanol–water partition coefficient (Wildman–Crippen LogP) is 5.86. The van der Waals surface area contributed by atoms with Gasteiger partial charge >= 0.3 is 6.03 Å². The largest absolute Gasteiger partial charge is 0.488 e. The zero-order valence-electron chi connectivity index (χ0n) is 18.4. The molecule has 1 heterocycles. The summed E-state index contributed by atoms with van der Waals surface area (Å²) < 4.78 is 5.96. The summed E-state index contributed by atoms with van der Waals surface area (Å²) in [5.41, 5.74) is 3.29. The molecule has 8 heteroatoms. The lowest BCUT2D eigenvalue weighted by molar-refractivity contribution is -0.122. The highest BCUT2D eigenvalue weighted by molar-refractivity contribution is 6.39. The van der Waals surface area contributed by atoms with Crippen molar-refractivity contribution in [3.05, 3.63) is 98.5 Å². The summed E-state index contributed by atoms with van der Waals surface area (Å²) in [7, 11) is 0. The van der Waals surface area contributed by atoms with Crippen molar-refractivity contribution in [1.29, 1.82) is 0 Å². The lowest BCUT2D eigenvalue weighted by Crippen LogP contribution is -2.54. The molecule has 0 atom stereocenters. The molecular formula is C26H20Cl2N2O4. The molecule has 6 nitrogen and oxygen atoms in total. The van der Waals surface area contributed by atoms with Crippen LogP contribution in [0.2, 0.25) is 10.0 Å². The van der Waals surface area contributed by atoms with Gasteiger partial charge < -0.3 is 4.74 Å². The fourth-order valence-corrected chi connectivity index (χ4v) is 3.85. The molecule has 1 aliphatic rings. The van der Waals surface area contributed by atoms with Crippen molar-refractivity contribution in [2.75, 3.05) is 4.90 Å². The van der Waals surface area contributed by atoms with Crippen LogP contribution in [-0.2, 0) is 16.2 Å². The van der Waals surface area contributed by atoms with E-state index >= 15 is 0 Å². The van der Waals surface area contributed by atoms with Gasteiger partial charge in [0.1, 0.15) is 17.9 Å². The lowest BCUT2D eigenvalue weighted by Gasteiger charge is -2.26. The van der Waals surface area contributed by atoms with E-state index in [1.54, 1.807) is 37.3 Å². The van der Waals surface area contributed by atoms with Crippen molar-refractivity contribution < 1.29 is 19.1 Å². The molecule has 4 amide bonds. The Hall–Kier alpha value is -3.61. The molecule has 0 bridgehead atoms. The Morgan fingerprint density at radius 1 is 0.971 bits per heavy atom. The number of carbonyl (C=O) groups is 3. The number of barbiturate groups is 1. The van der Waals surface area contributed by atoms with E-state index in [-0.39, 0.29) is 17.9 Å². The van der Waals surface area contributed by atoms with Crippen LogP contribution in [0.5, 0.6) is 5.75 Å². The van der Waals surface area contributed by atoms with Crippen LogP contribution in [0.1, 0.15) is 22.3 Å². The van der Waals surface area contributed by atoms with E-state index in [2.05, 4.69) is 5.32 Å². The maximum absolute atomic E-state index is 13.2. The molecule has 0 radical (unpaired) electrons. The second-order valence-electron chi connectivity index (χ2n) is 7.85. The van der Waals surface area contributed by atoms with Crippen LogP contribution < -0.4 is 15.0 Å². The van der Waals surface area contributed by atoms with Crippen molar-refractivity contribution in [2.24, 2.45) is 0 Å². The minimum atomic E-state index is -0.853. The van der Waals surface area contributed by atoms with Gasteiger partial charge in [0.2, 0.25) is 0 Å². The maximum atomic E-state index is 13.2. The van der Waals surface area contributed by atoms with Crippen LogP contribution in [0.4, 0.5) is 10.5 Å². The first kappa shape index (κ1) is 23.5. The molecule has 0 unspecified atom stereocenters. The average Bonchev–Trinajstić information content (AvgIpc) is 2.78. The summed E-state index contributed by atoms with van der Waals surface area (Å²) in [5, 5.41) is 2.99. The number of ether oxygens (including phenoxy) is 1. The van der Waals surface area contributed by atoms with Crippen LogP contribution in [0.15, 0.2) is 66.2 Å². The number of hydrogen-bond donors (Lipinski definition) is 1. The van der Waals surface area contributed by atoms with Crippen molar-refractivity contribution in [3.63, 3.8) is 0 Å². The molecule has 172 valence electrons. The number of nitrogens with zero attached hydrogens (tertiary/aromatic N) is 1. The van der Waals surface area contributed by atoms with Crippen molar-refractivity contribution >= 4 is 52.8 Å². The lowest BCUT2D eigenvalue weighted by atomic mass is 10.1. The quantitative estimate of drug-likeness (QED) is 0.356. The topological polar surface area (TPSA) is 75.7 Å². The van der Waals surface area contributed by atoms with Gasteiger partial charge in [-0.1, -0.05) is 59.1 Å². The maximum Gasteiger partial charge on any atom is 0.335 e. The monoisotopic (exact) mass is 494 g/mol. The Labute approximate surface area is 206 Å². The molecule has 3 aromatic rings. The first-order chi connectivity index (χ1) is 16.2. The highest BCUT2D eigenvalue weighted by Gasteiger charge is 2.37.